The van der Waals surface area contributed by atoms with Crippen LogP contribution in [0, 0.1) is 5.92 Å². The minimum atomic E-state index is -0.143. The molecule has 0 unspecified atom stereocenters. The summed E-state index contributed by atoms with van der Waals surface area (Å²) in [6.45, 7) is 3.13. The second kappa shape index (κ2) is 6.45. The molecule has 1 aromatic rings. The first kappa shape index (κ1) is 15.1. The maximum atomic E-state index is 9.70. The van der Waals surface area contributed by atoms with Crippen LogP contribution < -0.4 is 5.32 Å². The minimum absolute atomic E-state index is 0.143. The highest BCUT2D eigenvalue weighted by atomic mass is 35.5. The van der Waals surface area contributed by atoms with Gasteiger partial charge in [-0.1, -0.05) is 36.2 Å². The van der Waals surface area contributed by atoms with Gasteiger partial charge in [0.2, 0.25) is 0 Å². The van der Waals surface area contributed by atoms with Crippen molar-refractivity contribution in [2.45, 2.75) is 44.7 Å². The van der Waals surface area contributed by atoms with Crippen LogP contribution in [0.3, 0.4) is 0 Å². The molecule has 1 aliphatic carbocycles. The fraction of sp³-hybridized carbons (Fsp3) is 0.600. The van der Waals surface area contributed by atoms with Gasteiger partial charge in [-0.05, 0) is 49.3 Å². The molecule has 4 heteroatoms. The van der Waals surface area contributed by atoms with Crippen LogP contribution in [0.2, 0.25) is 10.0 Å². The molecule has 0 aliphatic heterocycles. The van der Waals surface area contributed by atoms with Crippen LogP contribution in [0.1, 0.15) is 38.2 Å². The second-order valence-electron chi connectivity index (χ2n) is 5.71. The van der Waals surface area contributed by atoms with Gasteiger partial charge in [-0.25, -0.2) is 0 Å². The van der Waals surface area contributed by atoms with E-state index in [0.717, 1.165) is 24.3 Å². The Kier molecular flexibility index (Phi) is 5.13. The summed E-state index contributed by atoms with van der Waals surface area (Å²) in [5, 5.41) is 14.5. The van der Waals surface area contributed by atoms with Gasteiger partial charge in [-0.2, -0.15) is 0 Å². The van der Waals surface area contributed by atoms with E-state index < -0.39 is 0 Å². The molecular weight excluding hydrogens is 281 g/mol. The molecule has 1 aliphatic rings. The lowest BCUT2D eigenvalue weighted by atomic mass is 9.77. The minimum Gasteiger partial charge on any atom is -0.394 e. The molecule has 2 rings (SSSR count). The standard InChI is InChI=1S/C15H21Cl2NO/c1-11-4-6-15(10-19,7-5-11)18-9-12-2-3-13(16)8-14(12)17/h2-3,8,11,18-19H,4-7,9-10H2,1H3. The van der Waals surface area contributed by atoms with Gasteiger partial charge >= 0.3 is 0 Å². The zero-order valence-corrected chi connectivity index (χ0v) is 12.8. The molecule has 19 heavy (non-hydrogen) atoms. The molecule has 0 spiro atoms. The number of rotatable bonds is 4. The maximum Gasteiger partial charge on any atom is 0.0613 e. The van der Waals surface area contributed by atoms with Gasteiger partial charge in [0.25, 0.3) is 0 Å². The zero-order valence-electron chi connectivity index (χ0n) is 11.3. The Labute approximate surface area is 125 Å². The highest BCUT2D eigenvalue weighted by Gasteiger charge is 2.33. The van der Waals surface area contributed by atoms with Crippen LogP contribution in [0.4, 0.5) is 0 Å². The number of hydrogen-bond donors (Lipinski definition) is 2. The van der Waals surface area contributed by atoms with Crippen molar-refractivity contribution in [1.82, 2.24) is 5.32 Å². The maximum absolute atomic E-state index is 9.70. The van der Waals surface area contributed by atoms with Crippen molar-refractivity contribution >= 4 is 23.2 Å². The van der Waals surface area contributed by atoms with Crippen LogP contribution in [0.25, 0.3) is 0 Å². The summed E-state index contributed by atoms with van der Waals surface area (Å²) < 4.78 is 0. The van der Waals surface area contributed by atoms with E-state index in [4.69, 9.17) is 23.2 Å². The summed E-state index contributed by atoms with van der Waals surface area (Å²) in [6.07, 6.45) is 4.38. The first-order valence-electron chi connectivity index (χ1n) is 6.84. The van der Waals surface area contributed by atoms with Crippen molar-refractivity contribution in [3.05, 3.63) is 33.8 Å². The van der Waals surface area contributed by atoms with E-state index in [1.165, 1.54) is 12.8 Å². The Morgan fingerprint density at radius 3 is 2.58 bits per heavy atom. The van der Waals surface area contributed by atoms with Crippen molar-refractivity contribution in [2.75, 3.05) is 6.61 Å². The molecule has 0 aromatic heterocycles. The molecule has 2 nitrogen and oxygen atoms in total. The lowest BCUT2D eigenvalue weighted by Gasteiger charge is -2.39. The molecule has 0 bridgehead atoms. The van der Waals surface area contributed by atoms with Crippen LogP contribution in [-0.2, 0) is 6.54 Å². The summed E-state index contributed by atoms with van der Waals surface area (Å²) in [5.74, 6) is 0.764. The smallest absolute Gasteiger partial charge is 0.0613 e. The number of halogens is 2. The van der Waals surface area contributed by atoms with Crippen molar-refractivity contribution in [1.29, 1.82) is 0 Å². The van der Waals surface area contributed by atoms with Crippen molar-refractivity contribution in [2.24, 2.45) is 5.92 Å². The lowest BCUT2D eigenvalue weighted by Crippen LogP contribution is -2.50. The molecular formula is C15H21Cl2NO. The van der Waals surface area contributed by atoms with Gasteiger partial charge in [0, 0.05) is 22.1 Å². The number of aliphatic hydroxyl groups is 1. The Balaban J connectivity index is 2.00. The predicted molar refractivity (Wildman–Crippen MR) is 80.8 cm³/mol. The van der Waals surface area contributed by atoms with Gasteiger partial charge in [-0.15, -0.1) is 0 Å². The zero-order chi connectivity index (χ0) is 13.9. The Morgan fingerprint density at radius 1 is 1.32 bits per heavy atom. The Morgan fingerprint density at radius 2 is 2.00 bits per heavy atom. The van der Waals surface area contributed by atoms with Crippen LogP contribution in [-0.4, -0.2) is 17.3 Å². The molecule has 0 heterocycles. The first-order valence-corrected chi connectivity index (χ1v) is 7.60. The Hall–Kier alpha value is -0.280. The van der Waals surface area contributed by atoms with E-state index in [1.54, 1.807) is 6.07 Å². The van der Waals surface area contributed by atoms with Gasteiger partial charge in [0.15, 0.2) is 0 Å². The Bertz CT molecular complexity index is 428. The SMILES string of the molecule is CC1CCC(CO)(NCc2ccc(Cl)cc2Cl)CC1. The molecule has 1 aromatic carbocycles. The fourth-order valence-electron chi connectivity index (χ4n) is 2.65. The summed E-state index contributed by atoms with van der Waals surface area (Å²) in [5.41, 5.74) is 0.882. The van der Waals surface area contributed by atoms with Gasteiger partial charge in [0.1, 0.15) is 0 Å². The van der Waals surface area contributed by atoms with Gasteiger partial charge < -0.3 is 10.4 Å². The van der Waals surface area contributed by atoms with Gasteiger partial charge in [-0.3, -0.25) is 0 Å². The van der Waals surface area contributed by atoms with E-state index in [1.807, 2.05) is 12.1 Å². The number of benzene rings is 1. The average molecular weight is 302 g/mol. The van der Waals surface area contributed by atoms with E-state index in [0.29, 0.717) is 16.6 Å². The normalized spacial score (nSPS) is 27.5. The van der Waals surface area contributed by atoms with E-state index in [9.17, 15) is 5.11 Å². The topological polar surface area (TPSA) is 32.3 Å². The van der Waals surface area contributed by atoms with E-state index in [2.05, 4.69) is 12.2 Å². The third-order valence-corrected chi connectivity index (χ3v) is 4.79. The molecule has 0 atom stereocenters. The molecule has 2 N–H and O–H groups in total. The molecule has 0 radical (unpaired) electrons. The molecule has 0 amide bonds. The lowest BCUT2D eigenvalue weighted by molar-refractivity contribution is 0.104. The molecule has 1 saturated carbocycles. The third-order valence-electron chi connectivity index (χ3n) is 4.20. The fourth-order valence-corrected chi connectivity index (χ4v) is 3.13. The van der Waals surface area contributed by atoms with Crippen molar-refractivity contribution in [3.63, 3.8) is 0 Å². The number of aliphatic hydroxyl groups excluding tert-OH is 1. The summed E-state index contributed by atoms with van der Waals surface area (Å²) in [7, 11) is 0. The van der Waals surface area contributed by atoms with E-state index in [-0.39, 0.29) is 12.1 Å². The predicted octanol–water partition coefficient (Wildman–Crippen LogP) is 4.02. The molecule has 106 valence electrons. The van der Waals surface area contributed by atoms with Gasteiger partial charge in [0.05, 0.1) is 6.61 Å². The van der Waals surface area contributed by atoms with Crippen LogP contribution in [0.5, 0.6) is 0 Å². The highest BCUT2D eigenvalue weighted by molar-refractivity contribution is 6.35. The molecule has 0 saturated heterocycles. The summed E-state index contributed by atoms with van der Waals surface area (Å²) >= 11 is 12.1. The van der Waals surface area contributed by atoms with Crippen molar-refractivity contribution < 1.29 is 5.11 Å². The van der Waals surface area contributed by atoms with E-state index >= 15 is 0 Å². The third kappa shape index (κ3) is 3.85. The number of nitrogens with one attached hydrogen (secondary N) is 1. The summed E-state index contributed by atoms with van der Waals surface area (Å²) in [6, 6.07) is 5.54. The first-order chi connectivity index (χ1) is 9.04. The monoisotopic (exact) mass is 301 g/mol. The quantitative estimate of drug-likeness (QED) is 0.880. The average Bonchev–Trinajstić information content (AvgIpc) is 2.40. The van der Waals surface area contributed by atoms with Crippen LogP contribution >= 0.6 is 23.2 Å². The van der Waals surface area contributed by atoms with Crippen molar-refractivity contribution in [3.8, 4) is 0 Å². The number of hydrogen-bond acceptors (Lipinski definition) is 2. The molecule has 1 fully saturated rings. The largest absolute Gasteiger partial charge is 0.394 e. The second-order valence-corrected chi connectivity index (χ2v) is 6.55. The summed E-state index contributed by atoms with van der Waals surface area (Å²) in [4.78, 5) is 0. The highest BCUT2D eigenvalue weighted by Crippen LogP contribution is 2.32. The van der Waals surface area contributed by atoms with Crippen LogP contribution in [0.15, 0.2) is 18.2 Å².